The molecule has 1 aliphatic heterocycles. The van der Waals surface area contributed by atoms with Crippen LogP contribution in [0.5, 0.6) is 0 Å². The van der Waals surface area contributed by atoms with Crippen molar-refractivity contribution in [2.75, 3.05) is 13.1 Å². The molecule has 1 heterocycles. The van der Waals surface area contributed by atoms with Gasteiger partial charge in [-0.25, -0.2) is 0 Å². The minimum absolute atomic E-state index is 0.0303. The lowest BCUT2D eigenvalue weighted by Crippen LogP contribution is -2.37. The number of halogens is 1. The molecule has 116 valence electrons. The molecule has 0 amide bonds. The first kappa shape index (κ1) is 15.7. The summed E-state index contributed by atoms with van der Waals surface area (Å²) in [7, 11) is 0. The molecule has 1 fully saturated rings. The molecule has 0 saturated carbocycles. The summed E-state index contributed by atoms with van der Waals surface area (Å²) in [4.78, 5) is 2.44. The van der Waals surface area contributed by atoms with Crippen molar-refractivity contribution in [3.05, 3.63) is 70.2 Å². The second-order valence-corrected chi connectivity index (χ2v) is 6.86. The molecule has 0 aliphatic carbocycles. The minimum Gasteiger partial charge on any atom is -0.386 e. The van der Waals surface area contributed by atoms with E-state index in [4.69, 9.17) is 0 Å². The Balaban J connectivity index is 1.91. The lowest BCUT2D eigenvalue weighted by atomic mass is 9.93. The van der Waals surface area contributed by atoms with Crippen LogP contribution in [0.25, 0.3) is 0 Å². The van der Waals surface area contributed by atoms with E-state index in [1.807, 2.05) is 30.3 Å². The van der Waals surface area contributed by atoms with E-state index in [-0.39, 0.29) is 6.04 Å². The number of hydrogen-bond donors (Lipinski definition) is 1. The van der Waals surface area contributed by atoms with Gasteiger partial charge in [0, 0.05) is 4.47 Å². The molecule has 3 rings (SSSR count). The number of rotatable bonds is 4. The Bertz CT molecular complexity index is 578. The number of likely N-dealkylation sites (tertiary alicyclic amines) is 1. The number of aliphatic hydroxyl groups is 1. The molecule has 0 radical (unpaired) electrons. The first-order chi connectivity index (χ1) is 10.8. The van der Waals surface area contributed by atoms with E-state index in [1.165, 1.54) is 24.8 Å². The van der Waals surface area contributed by atoms with Crippen LogP contribution in [0.1, 0.15) is 42.5 Å². The summed E-state index contributed by atoms with van der Waals surface area (Å²) in [6, 6.07) is 18.4. The van der Waals surface area contributed by atoms with Crippen molar-refractivity contribution in [1.82, 2.24) is 4.90 Å². The molecule has 2 aromatic rings. The molecule has 1 saturated heterocycles. The number of aliphatic hydroxyl groups excluding tert-OH is 1. The molecular formula is C19H22BrNO. The van der Waals surface area contributed by atoms with E-state index in [2.05, 4.69) is 45.1 Å². The molecule has 22 heavy (non-hydrogen) atoms. The summed E-state index contributed by atoms with van der Waals surface area (Å²) in [5.74, 6) is 0. The second kappa shape index (κ2) is 7.40. The quantitative estimate of drug-likeness (QED) is 0.854. The van der Waals surface area contributed by atoms with Gasteiger partial charge in [0.2, 0.25) is 0 Å². The number of benzene rings is 2. The first-order valence-corrected chi connectivity index (χ1v) is 8.77. The zero-order chi connectivity index (χ0) is 15.4. The summed E-state index contributed by atoms with van der Waals surface area (Å²) >= 11 is 3.46. The highest BCUT2D eigenvalue weighted by atomic mass is 79.9. The minimum atomic E-state index is -0.506. The van der Waals surface area contributed by atoms with Gasteiger partial charge in [-0.2, -0.15) is 0 Å². The van der Waals surface area contributed by atoms with Gasteiger partial charge in [-0.15, -0.1) is 0 Å². The third-order valence-corrected chi connectivity index (χ3v) is 4.96. The largest absolute Gasteiger partial charge is 0.386 e. The highest BCUT2D eigenvalue weighted by molar-refractivity contribution is 9.10. The molecule has 1 N–H and O–H groups in total. The van der Waals surface area contributed by atoms with Gasteiger partial charge >= 0.3 is 0 Å². The Morgan fingerprint density at radius 1 is 0.818 bits per heavy atom. The summed E-state index contributed by atoms with van der Waals surface area (Å²) < 4.78 is 1.04. The van der Waals surface area contributed by atoms with Gasteiger partial charge in [-0.1, -0.05) is 64.8 Å². The van der Waals surface area contributed by atoms with E-state index in [1.54, 1.807) is 0 Å². The number of hydrogen-bond acceptors (Lipinski definition) is 2. The Labute approximate surface area is 140 Å². The highest BCUT2D eigenvalue weighted by Crippen LogP contribution is 2.36. The normalized spacial score (nSPS) is 18.8. The Morgan fingerprint density at radius 2 is 1.45 bits per heavy atom. The maximum Gasteiger partial charge on any atom is 0.0986 e. The topological polar surface area (TPSA) is 23.5 Å². The zero-order valence-corrected chi connectivity index (χ0v) is 14.2. The molecule has 2 aromatic carbocycles. The fourth-order valence-electron chi connectivity index (χ4n) is 3.28. The SMILES string of the molecule is O[C@H](c1ccc(Br)cc1)[C@@H](c1ccccc1)N1CCCCC1. The van der Waals surface area contributed by atoms with Gasteiger partial charge in [0.1, 0.15) is 0 Å². The average Bonchev–Trinajstić information content (AvgIpc) is 2.57. The van der Waals surface area contributed by atoms with Crippen LogP contribution in [0.15, 0.2) is 59.1 Å². The van der Waals surface area contributed by atoms with Crippen LogP contribution in [0.4, 0.5) is 0 Å². The second-order valence-electron chi connectivity index (χ2n) is 5.95. The van der Waals surface area contributed by atoms with Crippen molar-refractivity contribution in [3.8, 4) is 0 Å². The van der Waals surface area contributed by atoms with E-state index < -0.39 is 6.10 Å². The average molecular weight is 360 g/mol. The maximum atomic E-state index is 11.0. The van der Waals surface area contributed by atoms with Gasteiger partial charge < -0.3 is 5.11 Å². The third kappa shape index (κ3) is 3.60. The fourth-order valence-corrected chi connectivity index (χ4v) is 3.55. The predicted octanol–water partition coefficient (Wildman–Crippen LogP) is 4.71. The van der Waals surface area contributed by atoms with E-state index in [9.17, 15) is 5.11 Å². The molecule has 2 nitrogen and oxygen atoms in total. The maximum absolute atomic E-state index is 11.0. The van der Waals surface area contributed by atoms with Crippen LogP contribution in [0.3, 0.4) is 0 Å². The van der Waals surface area contributed by atoms with Gasteiger partial charge in [0.05, 0.1) is 12.1 Å². The van der Waals surface area contributed by atoms with E-state index in [0.717, 1.165) is 23.1 Å². The Hall–Kier alpha value is -1.16. The van der Waals surface area contributed by atoms with Crippen molar-refractivity contribution < 1.29 is 5.11 Å². The molecule has 0 spiro atoms. The lowest BCUT2D eigenvalue weighted by Gasteiger charge is -2.37. The number of nitrogens with zero attached hydrogens (tertiary/aromatic N) is 1. The van der Waals surface area contributed by atoms with Crippen molar-refractivity contribution >= 4 is 15.9 Å². The van der Waals surface area contributed by atoms with Crippen LogP contribution < -0.4 is 0 Å². The molecule has 2 atom stereocenters. The predicted molar refractivity (Wildman–Crippen MR) is 93.7 cm³/mol. The van der Waals surface area contributed by atoms with E-state index in [0.29, 0.717) is 0 Å². The summed E-state index contributed by atoms with van der Waals surface area (Å²) in [5, 5.41) is 11.0. The highest BCUT2D eigenvalue weighted by Gasteiger charge is 2.29. The van der Waals surface area contributed by atoms with Crippen molar-refractivity contribution in [3.63, 3.8) is 0 Å². The van der Waals surface area contributed by atoms with Crippen molar-refractivity contribution in [1.29, 1.82) is 0 Å². The van der Waals surface area contributed by atoms with Gasteiger partial charge in [-0.05, 0) is 49.2 Å². The molecule has 0 aromatic heterocycles. The molecule has 0 unspecified atom stereocenters. The van der Waals surface area contributed by atoms with Crippen LogP contribution in [-0.4, -0.2) is 23.1 Å². The Kier molecular flexibility index (Phi) is 5.29. The van der Waals surface area contributed by atoms with Crippen LogP contribution in [0, 0.1) is 0 Å². The fraction of sp³-hybridized carbons (Fsp3) is 0.368. The monoisotopic (exact) mass is 359 g/mol. The molecular weight excluding hydrogens is 338 g/mol. The summed E-state index contributed by atoms with van der Waals surface area (Å²) in [5.41, 5.74) is 2.17. The lowest BCUT2D eigenvalue weighted by molar-refractivity contribution is 0.0362. The molecule has 1 aliphatic rings. The summed E-state index contributed by atoms with van der Waals surface area (Å²) in [6.07, 6.45) is 3.23. The van der Waals surface area contributed by atoms with Crippen LogP contribution >= 0.6 is 15.9 Å². The van der Waals surface area contributed by atoms with Crippen LogP contribution in [-0.2, 0) is 0 Å². The van der Waals surface area contributed by atoms with Crippen LogP contribution in [0.2, 0.25) is 0 Å². The van der Waals surface area contributed by atoms with Gasteiger partial charge in [0.25, 0.3) is 0 Å². The molecule has 3 heteroatoms. The first-order valence-electron chi connectivity index (χ1n) is 7.98. The van der Waals surface area contributed by atoms with Crippen molar-refractivity contribution in [2.45, 2.75) is 31.4 Å². The standard InChI is InChI=1S/C19H22BrNO/c20-17-11-9-16(10-12-17)19(22)18(15-7-3-1-4-8-15)21-13-5-2-6-14-21/h1,3-4,7-12,18-19,22H,2,5-6,13-14H2/t18-,19-/m1/s1. The zero-order valence-electron chi connectivity index (χ0n) is 12.7. The van der Waals surface area contributed by atoms with Gasteiger partial charge in [-0.3, -0.25) is 4.90 Å². The number of piperidine rings is 1. The van der Waals surface area contributed by atoms with E-state index >= 15 is 0 Å². The van der Waals surface area contributed by atoms with Crippen molar-refractivity contribution in [2.24, 2.45) is 0 Å². The third-order valence-electron chi connectivity index (χ3n) is 4.44. The summed E-state index contributed by atoms with van der Waals surface area (Å²) in [6.45, 7) is 2.13. The van der Waals surface area contributed by atoms with Gasteiger partial charge in [0.15, 0.2) is 0 Å². The Morgan fingerprint density at radius 3 is 2.09 bits per heavy atom. The smallest absolute Gasteiger partial charge is 0.0986 e. The molecule has 0 bridgehead atoms.